The third kappa shape index (κ3) is 15.3. The molecule has 21 heteroatoms. The van der Waals surface area contributed by atoms with Gasteiger partial charge in [-0.1, -0.05) is 51.1 Å². The number of aliphatic hydroxyl groups is 1. The summed E-state index contributed by atoms with van der Waals surface area (Å²) >= 11 is 0. The molecule has 1 saturated heterocycles. The number of hydrogen-bond donors (Lipinski definition) is 6. The summed E-state index contributed by atoms with van der Waals surface area (Å²) < 4.78 is 31.3. The van der Waals surface area contributed by atoms with E-state index < -0.39 is 107 Å². The summed E-state index contributed by atoms with van der Waals surface area (Å²) in [6.45, 7) is 7.64. The molecule has 1 aliphatic heterocycles. The maximum absolute atomic E-state index is 15.1. The Hall–Kier alpha value is -7.03. The number of carbonyl (C=O) groups excluding carboxylic acids is 9. The summed E-state index contributed by atoms with van der Waals surface area (Å²) in [6.07, 6.45) is 0.506. The Morgan fingerprint density at radius 3 is 2.12 bits per heavy atom. The zero-order chi connectivity index (χ0) is 49.6. The number of hydrogen-bond acceptors (Lipinski definition) is 11. The number of amides is 8. The smallest absolute Gasteiger partial charge is 0.333 e. The Balaban J connectivity index is 1.37. The van der Waals surface area contributed by atoms with Crippen LogP contribution in [0.15, 0.2) is 60.8 Å². The highest BCUT2D eigenvalue weighted by Crippen LogP contribution is 2.41. The van der Waals surface area contributed by atoms with Gasteiger partial charge in [-0.2, -0.15) is 0 Å². The maximum Gasteiger partial charge on any atom is 0.333 e. The van der Waals surface area contributed by atoms with E-state index in [-0.39, 0.29) is 57.2 Å². The van der Waals surface area contributed by atoms with Crippen molar-refractivity contribution in [1.29, 1.82) is 0 Å². The SMILES string of the molecule is C[C@H](NC(=O)CCCC(=O)ON1C(=O)CCC1=O)C(=O)N[C@@H](C)C(=O)N[C@@H](CC(N)=O)C(=O)NCCCN(C(=O)CO)[C@@H](c1cc(-c2cc(F)ccc2F)cn1Cc1ccccc1)C(C)(C)C. The van der Waals surface area contributed by atoms with Crippen molar-refractivity contribution >= 4 is 53.2 Å². The Bertz CT molecular complexity index is 2300. The Labute approximate surface area is 386 Å². The molecule has 0 spiro atoms. The average Bonchev–Trinajstić information content (AvgIpc) is 3.81. The van der Waals surface area contributed by atoms with Crippen molar-refractivity contribution in [3.63, 3.8) is 0 Å². The first-order chi connectivity index (χ1) is 31.6. The van der Waals surface area contributed by atoms with Gasteiger partial charge in [-0.3, -0.25) is 38.4 Å². The Morgan fingerprint density at radius 2 is 1.49 bits per heavy atom. The fourth-order valence-corrected chi connectivity index (χ4v) is 7.37. The lowest BCUT2D eigenvalue weighted by Crippen LogP contribution is -2.56. The Morgan fingerprint density at radius 1 is 0.851 bits per heavy atom. The van der Waals surface area contributed by atoms with Gasteiger partial charge in [-0.15, -0.1) is 5.06 Å². The monoisotopic (exact) mass is 936 g/mol. The average molecular weight is 937 g/mol. The van der Waals surface area contributed by atoms with Crippen molar-refractivity contribution in [2.24, 2.45) is 11.1 Å². The number of rotatable bonds is 23. The number of nitrogens with one attached hydrogen (secondary N) is 4. The van der Waals surface area contributed by atoms with Gasteiger partial charge < -0.3 is 46.4 Å². The van der Waals surface area contributed by atoms with Crippen LogP contribution in [-0.4, -0.2) is 111 Å². The topological polar surface area (TPSA) is 269 Å². The van der Waals surface area contributed by atoms with E-state index in [4.69, 9.17) is 10.6 Å². The maximum atomic E-state index is 15.1. The van der Waals surface area contributed by atoms with Gasteiger partial charge in [0.25, 0.3) is 11.8 Å². The van der Waals surface area contributed by atoms with E-state index in [2.05, 4.69) is 21.3 Å². The highest BCUT2D eigenvalue weighted by atomic mass is 19.1. The molecule has 19 nitrogen and oxygen atoms in total. The van der Waals surface area contributed by atoms with Crippen molar-refractivity contribution in [2.45, 2.75) is 110 Å². The summed E-state index contributed by atoms with van der Waals surface area (Å²) in [4.78, 5) is 119. The third-order valence-corrected chi connectivity index (χ3v) is 10.7. The van der Waals surface area contributed by atoms with E-state index >= 15 is 4.39 Å². The van der Waals surface area contributed by atoms with Crippen LogP contribution in [0.2, 0.25) is 0 Å². The minimum Gasteiger partial charge on any atom is -0.387 e. The number of nitrogens with zero attached hydrogens (tertiary/aromatic N) is 3. The third-order valence-electron chi connectivity index (χ3n) is 10.7. The van der Waals surface area contributed by atoms with Gasteiger partial charge in [0.1, 0.15) is 36.4 Å². The molecule has 362 valence electrons. The van der Waals surface area contributed by atoms with E-state index in [0.717, 1.165) is 23.8 Å². The van der Waals surface area contributed by atoms with Gasteiger partial charge in [0, 0.05) is 68.3 Å². The van der Waals surface area contributed by atoms with Crippen LogP contribution in [0.3, 0.4) is 0 Å². The van der Waals surface area contributed by atoms with Crippen molar-refractivity contribution in [3.05, 3.63) is 83.7 Å². The Kier molecular flexibility index (Phi) is 18.8. The molecular weight excluding hydrogens is 879 g/mol. The zero-order valence-corrected chi connectivity index (χ0v) is 38.1. The molecule has 0 bridgehead atoms. The van der Waals surface area contributed by atoms with Crippen molar-refractivity contribution < 1.29 is 61.9 Å². The number of primary amides is 1. The van der Waals surface area contributed by atoms with Crippen LogP contribution in [0.1, 0.15) is 96.9 Å². The fourth-order valence-electron chi connectivity index (χ4n) is 7.37. The summed E-state index contributed by atoms with van der Waals surface area (Å²) in [6, 6.07) is 9.54. The molecule has 7 N–H and O–H groups in total. The normalized spacial score (nSPS) is 14.4. The van der Waals surface area contributed by atoms with E-state index in [0.29, 0.717) is 22.9 Å². The van der Waals surface area contributed by atoms with Crippen LogP contribution >= 0.6 is 0 Å². The van der Waals surface area contributed by atoms with Crippen LogP contribution in [0, 0.1) is 17.0 Å². The molecule has 2 aromatic carbocycles. The van der Waals surface area contributed by atoms with Gasteiger partial charge in [0.2, 0.25) is 35.4 Å². The molecule has 0 aliphatic carbocycles. The molecule has 4 rings (SSSR count). The molecule has 8 amide bonds. The summed E-state index contributed by atoms with van der Waals surface area (Å²) in [5.74, 6) is -8.12. The predicted octanol–water partition coefficient (Wildman–Crippen LogP) is 2.04. The lowest BCUT2D eigenvalue weighted by atomic mass is 9.83. The molecule has 1 fully saturated rings. The summed E-state index contributed by atoms with van der Waals surface area (Å²) in [5.41, 5.74) is 6.52. The van der Waals surface area contributed by atoms with Crippen LogP contribution < -0.4 is 27.0 Å². The first-order valence-electron chi connectivity index (χ1n) is 21.7. The highest BCUT2D eigenvalue weighted by molar-refractivity contribution is 6.01. The number of halogens is 2. The molecular formula is C46H58F2N8O11. The quantitative estimate of drug-likeness (QED) is 0.0592. The van der Waals surface area contributed by atoms with Gasteiger partial charge in [0.05, 0.1) is 12.5 Å². The lowest BCUT2D eigenvalue weighted by molar-refractivity contribution is -0.197. The van der Waals surface area contributed by atoms with Gasteiger partial charge in [0.15, 0.2) is 0 Å². The summed E-state index contributed by atoms with van der Waals surface area (Å²) in [7, 11) is 0. The lowest BCUT2D eigenvalue weighted by Gasteiger charge is -2.41. The van der Waals surface area contributed by atoms with Gasteiger partial charge in [-0.05, 0) is 61.9 Å². The standard InChI is InChI=1S/C46H58F2N8O11/c1-27(51-37(59)13-9-14-41(63)67-56-38(60)17-18-39(56)61)43(64)52-28(2)44(65)53-34(23-36(49)58)45(66)50-19-10-20-55(40(62)26-57)42(46(3,4)5)35-21-30(32-22-31(47)15-16-33(32)48)25-54(35)24-29-11-7-6-8-12-29/h6-8,11-12,15-16,21-22,25,27-28,34,42,57H,9-10,13-14,17-20,23-24,26H2,1-5H3,(H2,49,58)(H,50,66)(H,51,59)(H,52,64)(H,53,65)/t27-,28-,34-,42-/m0/s1. The van der Waals surface area contributed by atoms with E-state index in [1.165, 1.54) is 18.7 Å². The molecule has 2 heterocycles. The molecule has 4 atom stereocenters. The van der Waals surface area contributed by atoms with Crippen molar-refractivity contribution in [1.82, 2.24) is 35.8 Å². The molecule has 3 aromatic rings. The number of aromatic nitrogens is 1. The summed E-state index contributed by atoms with van der Waals surface area (Å²) in [5, 5.41) is 20.4. The number of benzene rings is 2. The second kappa shape index (κ2) is 23.9. The van der Waals surface area contributed by atoms with Crippen LogP contribution in [0.25, 0.3) is 11.1 Å². The largest absolute Gasteiger partial charge is 0.387 e. The number of nitrogens with two attached hydrogens (primary N) is 1. The zero-order valence-electron chi connectivity index (χ0n) is 38.1. The highest BCUT2D eigenvalue weighted by Gasteiger charge is 2.37. The molecule has 67 heavy (non-hydrogen) atoms. The molecule has 0 radical (unpaired) electrons. The number of carbonyl (C=O) groups is 9. The van der Waals surface area contributed by atoms with Gasteiger partial charge in [-0.25, -0.2) is 13.6 Å². The van der Waals surface area contributed by atoms with Crippen LogP contribution in [-0.2, 0) is 54.5 Å². The molecule has 1 aromatic heterocycles. The number of aliphatic hydroxyl groups excluding tert-OH is 1. The van der Waals surface area contributed by atoms with E-state index in [9.17, 15) is 52.6 Å². The van der Waals surface area contributed by atoms with Crippen molar-refractivity contribution in [2.75, 3.05) is 19.7 Å². The molecule has 1 aliphatic rings. The number of hydroxylamine groups is 2. The minimum atomic E-state index is -1.48. The molecule has 0 unspecified atom stereocenters. The first kappa shape index (κ1) is 52.6. The van der Waals surface area contributed by atoms with E-state index in [1.54, 1.807) is 12.3 Å². The second-order valence-electron chi connectivity index (χ2n) is 17.2. The van der Waals surface area contributed by atoms with E-state index in [1.807, 2.05) is 55.7 Å². The van der Waals surface area contributed by atoms with Crippen LogP contribution in [0.5, 0.6) is 0 Å². The minimum absolute atomic E-state index is 0.0119. The predicted molar refractivity (Wildman–Crippen MR) is 236 cm³/mol. The van der Waals surface area contributed by atoms with Gasteiger partial charge >= 0.3 is 5.97 Å². The number of imide groups is 1. The first-order valence-corrected chi connectivity index (χ1v) is 21.7. The second-order valence-corrected chi connectivity index (χ2v) is 17.2. The fraction of sp³-hybridized carbons (Fsp3) is 0.457. The molecule has 0 saturated carbocycles. The van der Waals surface area contributed by atoms with Crippen molar-refractivity contribution in [3.8, 4) is 11.1 Å². The van der Waals surface area contributed by atoms with Crippen LogP contribution in [0.4, 0.5) is 8.78 Å².